The van der Waals surface area contributed by atoms with Crippen LogP contribution in [0, 0.1) is 5.82 Å². The van der Waals surface area contributed by atoms with Crippen LogP contribution < -0.4 is 5.32 Å². The molecule has 1 aliphatic rings. The molecule has 0 fully saturated rings. The number of benzene rings is 2. The molecule has 0 bridgehead atoms. The Morgan fingerprint density at radius 2 is 1.81 bits per heavy atom. The van der Waals surface area contributed by atoms with Crippen LogP contribution in [0.1, 0.15) is 34.6 Å². The lowest BCUT2D eigenvalue weighted by Gasteiger charge is -2.18. The van der Waals surface area contributed by atoms with Crippen molar-refractivity contribution in [3.05, 3.63) is 70.5 Å². The highest BCUT2D eigenvalue weighted by Gasteiger charge is 2.15. The second-order valence-electron chi connectivity index (χ2n) is 5.97. The largest absolute Gasteiger partial charge is 0.319 e. The van der Waals surface area contributed by atoms with E-state index in [1.807, 2.05) is 19.2 Å². The molecular weight excluding hydrogens is 261 g/mol. The smallest absolute Gasteiger partial charge is 0.123 e. The van der Waals surface area contributed by atoms with Gasteiger partial charge in [-0.3, -0.25) is 0 Å². The predicted molar refractivity (Wildman–Crippen MR) is 85.2 cm³/mol. The van der Waals surface area contributed by atoms with Crippen molar-refractivity contribution in [2.45, 2.75) is 31.6 Å². The summed E-state index contributed by atoms with van der Waals surface area (Å²) in [5.41, 5.74) is 5.63. The molecule has 2 heteroatoms. The number of nitrogens with one attached hydrogen (secondary N) is 1. The summed E-state index contributed by atoms with van der Waals surface area (Å²) in [7, 11) is 1.97. The van der Waals surface area contributed by atoms with Crippen molar-refractivity contribution >= 4 is 0 Å². The van der Waals surface area contributed by atoms with Crippen LogP contribution >= 0.6 is 0 Å². The number of halogens is 1. The van der Waals surface area contributed by atoms with E-state index in [1.54, 1.807) is 12.1 Å². The zero-order valence-electron chi connectivity index (χ0n) is 12.5. The van der Waals surface area contributed by atoms with Gasteiger partial charge in [0.1, 0.15) is 5.82 Å². The van der Waals surface area contributed by atoms with E-state index in [-0.39, 0.29) is 5.82 Å². The molecule has 0 saturated heterocycles. The van der Waals surface area contributed by atoms with Gasteiger partial charge in [0, 0.05) is 12.5 Å². The van der Waals surface area contributed by atoms with Crippen LogP contribution in [0.3, 0.4) is 0 Å². The number of rotatable bonds is 5. The van der Waals surface area contributed by atoms with Crippen LogP contribution in [0.15, 0.2) is 42.5 Å². The first-order valence-corrected chi connectivity index (χ1v) is 7.77. The molecule has 0 heterocycles. The molecule has 1 atom stereocenters. The molecule has 0 spiro atoms. The summed E-state index contributed by atoms with van der Waals surface area (Å²) in [6.45, 7) is 0.905. The maximum atomic E-state index is 13.1. The van der Waals surface area contributed by atoms with Crippen LogP contribution in [0.5, 0.6) is 0 Å². The fourth-order valence-corrected chi connectivity index (χ4v) is 3.33. The van der Waals surface area contributed by atoms with E-state index in [0.29, 0.717) is 5.92 Å². The van der Waals surface area contributed by atoms with Crippen LogP contribution in [0.25, 0.3) is 0 Å². The standard InChI is InChI=1S/C19H22FN/c1-21-13-18(16-7-9-19(20)10-8-16)12-14-5-6-15-3-2-4-17(15)11-14/h5-11,18,21H,2-4,12-13H2,1H3. The van der Waals surface area contributed by atoms with E-state index in [1.165, 1.54) is 41.5 Å². The molecule has 0 saturated carbocycles. The van der Waals surface area contributed by atoms with E-state index in [2.05, 4.69) is 23.5 Å². The summed E-state index contributed by atoms with van der Waals surface area (Å²) in [5.74, 6) is 0.217. The monoisotopic (exact) mass is 283 g/mol. The second kappa shape index (κ2) is 6.40. The van der Waals surface area contributed by atoms with Crippen molar-refractivity contribution in [1.29, 1.82) is 0 Å². The van der Waals surface area contributed by atoms with Crippen LogP contribution in [-0.4, -0.2) is 13.6 Å². The molecule has 1 aliphatic carbocycles. The molecule has 3 rings (SSSR count). The van der Waals surface area contributed by atoms with Gasteiger partial charge in [-0.05, 0) is 67.1 Å². The third-order valence-electron chi connectivity index (χ3n) is 4.44. The molecule has 0 aromatic heterocycles. The van der Waals surface area contributed by atoms with Gasteiger partial charge in [0.2, 0.25) is 0 Å². The molecule has 0 aliphatic heterocycles. The first-order chi connectivity index (χ1) is 10.3. The number of hydrogen-bond acceptors (Lipinski definition) is 1. The third kappa shape index (κ3) is 3.33. The zero-order valence-corrected chi connectivity index (χ0v) is 12.5. The van der Waals surface area contributed by atoms with Gasteiger partial charge in [-0.2, -0.15) is 0 Å². The highest BCUT2D eigenvalue weighted by molar-refractivity contribution is 5.36. The average molecular weight is 283 g/mol. The van der Waals surface area contributed by atoms with Crippen LogP contribution in [-0.2, 0) is 19.3 Å². The van der Waals surface area contributed by atoms with Crippen molar-refractivity contribution in [2.24, 2.45) is 0 Å². The number of fused-ring (bicyclic) bond motifs is 1. The number of aryl methyl sites for hydroxylation is 2. The minimum absolute atomic E-state index is 0.167. The van der Waals surface area contributed by atoms with E-state index >= 15 is 0 Å². The normalized spacial score (nSPS) is 15.0. The molecule has 1 N–H and O–H groups in total. The minimum atomic E-state index is -0.167. The highest BCUT2D eigenvalue weighted by atomic mass is 19.1. The maximum absolute atomic E-state index is 13.1. The topological polar surface area (TPSA) is 12.0 Å². The van der Waals surface area contributed by atoms with Gasteiger partial charge in [-0.1, -0.05) is 30.3 Å². The fraction of sp³-hybridized carbons (Fsp3) is 0.368. The van der Waals surface area contributed by atoms with E-state index in [0.717, 1.165) is 13.0 Å². The Bertz CT molecular complexity index is 603. The Morgan fingerprint density at radius 3 is 2.57 bits per heavy atom. The van der Waals surface area contributed by atoms with Crippen molar-refractivity contribution < 1.29 is 4.39 Å². The summed E-state index contributed by atoms with van der Waals surface area (Å²) < 4.78 is 13.1. The third-order valence-corrected chi connectivity index (χ3v) is 4.44. The van der Waals surface area contributed by atoms with Crippen molar-refractivity contribution in [1.82, 2.24) is 5.32 Å². The van der Waals surface area contributed by atoms with Gasteiger partial charge < -0.3 is 5.32 Å². The number of likely N-dealkylation sites (N-methyl/N-ethyl adjacent to an activating group) is 1. The molecule has 0 radical (unpaired) electrons. The zero-order chi connectivity index (χ0) is 14.7. The predicted octanol–water partition coefficient (Wildman–Crippen LogP) is 3.86. The molecule has 110 valence electrons. The van der Waals surface area contributed by atoms with E-state index in [4.69, 9.17) is 0 Å². The lowest BCUT2D eigenvalue weighted by Crippen LogP contribution is -2.19. The minimum Gasteiger partial charge on any atom is -0.319 e. The van der Waals surface area contributed by atoms with Crippen molar-refractivity contribution in [2.75, 3.05) is 13.6 Å². The first kappa shape index (κ1) is 14.3. The lowest BCUT2D eigenvalue weighted by molar-refractivity contribution is 0.611. The Morgan fingerprint density at radius 1 is 1.05 bits per heavy atom. The fourth-order valence-electron chi connectivity index (χ4n) is 3.33. The first-order valence-electron chi connectivity index (χ1n) is 7.77. The molecule has 1 nitrogen and oxygen atoms in total. The van der Waals surface area contributed by atoms with Crippen LogP contribution in [0.2, 0.25) is 0 Å². The summed E-state index contributed by atoms with van der Waals surface area (Å²) in [4.78, 5) is 0. The maximum Gasteiger partial charge on any atom is 0.123 e. The Labute approximate surface area is 126 Å². The average Bonchev–Trinajstić information content (AvgIpc) is 2.95. The summed E-state index contributed by atoms with van der Waals surface area (Å²) in [5, 5.41) is 3.26. The quantitative estimate of drug-likeness (QED) is 0.878. The Balaban J connectivity index is 1.80. The molecule has 21 heavy (non-hydrogen) atoms. The molecule has 2 aromatic carbocycles. The molecule has 1 unspecified atom stereocenters. The van der Waals surface area contributed by atoms with Crippen molar-refractivity contribution in [3.8, 4) is 0 Å². The number of hydrogen-bond donors (Lipinski definition) is 1. The summed E-state index contributed by atoms with van der Waals surface area (Å²) >= 11 is 0. The lowest BCUT2D eigenvalue weighted by atomic mass is 9.90. The van der Waals surface area contributed by atoms with Gasteiger partial charge in [-0.25, -0.2) is 4.39 Å². The summed E-state index contributed by atoms with van der Waals surface area (Å²) in [6, 6.07) is 13.8. The SMILES string of the molecule is CNCC(Cc1ccc2c(c1)CCC2)c1ccc(F)cc1. The summed E-state index contributed by atoms with van der Waals surface area (Å²) in [6.07, 6.45) is 4.74. The highest BCUT2D eigenvalue weighted by Crippen LogP contribution is 2.26. The van der Waals surface area contributed by atoms with Crippen LogP contribution in [0.4, 0.5) is 4.39 Å². The van der Waals surface area contributed by atoms with Gasteiger partial charge in [0.15, 0.2) is 0 Å². The Kier molecular flexibility index (Phi) is 4.35. The van der Waals surface area contributed by atoms with Gasteiger partial charge in [-0.15, -0.1) is 0 Å². The molecule has 2 aromatic rings. The Hall–Kier alpha value is -1.67. The molecular formula is C19H22FN. The second-order valence-corrected chi connectivity index (χ2v) is 5.97. The van der Waals surface area contributed by atoms with Gasteiger partial charge in [0.25, 0.3) is 0 Å². The molecule has 0 amide bonds. The van der Waals surface area contributed by atoms with Crippen molar-refractivity contribution in [3.63, 3.8) is 0 Å². The van der Waals surface area contributed by atoms with Gasteiger partial charge >= 0.3 is 0 Å². The van der Waals surface area contributed by atoms with Gasteiger partial charge in [0.05, 0.1) is 0 Å². The van der Waals surface area contributed by atoms with E-state index < -0.39 is 0 Å². The van der Waals surface area contributed by atoms with E-state index in [9.17, 15) is 4.39 Å².